The van der Waals surface area contributed by atoms with E-state index >= 15 is 0 Å². The average Bonchev–Trinajstić information content (AvgIpc) is 3.14. The molecule has 4 saturated heterocycles. The highest BCUT2D eigenvalue weighted by atomic mass is 16.8. The highest BCUT2D eigenvalue weighted by Crippen LogP contribution is 2.35. The van der Waals surface area contributed by atoms with Gasteiger partial charge in [0.15, 0.2) is 31.3 Å². The van der Waals surface area contributed by atoms with Crippen LogP contribution in [0.15, 0.2) is 0 Å². The van der Waals surface area contributed by atoms with E-state index in [1.807, 2.05) is 0 Å². The van der Waals surface area contributed by atoms with E-state index < -0.39 is 146 Å². The maximum Gasteiger partial charge on any atom is 0.335 e. The summed E-state index contributed by atoms with van der Waals surface area (Å²) in [5.41, 5.74) is 5.59. The molecule has 0 aromatic heterocycles. The van der Waals surface area contributed by atoms with E-state index in [0.29, 0.717) is 13.0 Å². The van der Waals surface area contributed by atoms with Crippen molar-refractivity contribution >= 4 is 23.7 Å². The van der Waals surface area contributed by atoms with Gasteiger partial charge in [-0.05, 0) is 46.6 Å². The third-order valence-electron chi connectivity index (χ3n) is 10.4. The number of carboxylic acids is 1. The van der Waals surface area contributed by atoms with Crippen LogP contribution in [0.5, 0.6) is 0 Å². The Labute approximate surface area is 334 Å². The molecule has 20 atom stereocenters. The van der Waals surface area contributed by atoms with Crippen molar-refractivity contribution in [2.24, 2.45) is 5.73 Å². The van der Waals surface area contributed by atoms with Crippen LogP contribution in [0.4, 0.5) is 0 Å². The van der Waals surface area contributed by atoms with Crippen LogP contribution in [-0.4, -0.2) is 195 Å². The van der Waals surface area contributed by atoms with Gasteiger partial charge in [-0.3, -0.25) is 14.4 Å². The molecular weight excluding hydrogens is 780 g/mol. The van der Waals surface area contributed by atoms with Gasteiger partial charge in [0.1, 0.15) is 73.1 Å². The predicted octanol–water partition coefficient (Wildman–Crippen LogP) is -4.99. The summed E-state index contributed by atoms with van der Waals surface area (Å²) < 4.78 is 47.7. The van der Waals surface area contributed by atoms with Gasteiger partial charge in [0.2, 0.25) is 17.7 Å². The standard InChI is InChI=1S/C35H60N4O19/c1-12-21(43)24(46)18(37-15(4)40)33(53-12)58-30-26(48)25(47)29(31(49)50)57-35(30)56-28-20(39-17(6)42)34(54-14(3)23(28)45)55-27-19(38-16(5)41)32(52-13(2)22(27)44)51-11-9-7-8-10-36/h12-14,18-30,32-35,43-48H,7-11,36H2,1-6H3,(H,37,40)(H,38,41)(H,39,42)(H,49,50)/t12?,13?,14?,18-,19-,20-,21+,22-,23+,24?,25-,26?,27?,28?,29?,30-,32+,33-,34-,35+/m0/s1. The molecule has 0 aromatic rings. The number of hydrogen-bond acceptors (Lipinski definition) is 19. The van der Waals surface area contributed by atoms with Crippen LogP contribution < -0.4 is 21.7 Å². The van der Waals surface area contributed by atoms with E-state index in [1.165, 1.54) is 20.8 Å². The second-order valence-corrected chi connectivity index (χ2v) is 15.0. The number of rotatable bonds is 16. The Balaban J connectivity index is 1.69. The van der Waals surface area contributed by atoms with Crippen LogP contribution in [0.2, 0.25) is 0 Å². The summed E-state index contributed by atoms with van der Waals surface area (Å²) in [6.07, 6.45) is -25.0. The molecule has 23 heteroatoms. The van der Waals surface area contributed by atoms with Crippen molar-refractivity contribution in [3.8, 4) is 0 Å². The van der Waals surface area contributed by atoms with E-state index in [4.69, 9.17) is 43.6 Å². The number of aliphatic carboxylic acids is 1. The first-order chi connectivity index (χ1) is 27.3. The van der Waals surface area contributed by atoms with E-state index in [1.54, 1.807) is 6.92 Å². The number of unbranched alkanes of at least 4 members (excludes halogenated alkanes) is 2. The summed E-state index contributed by atoms with van der Waals surface area (Å²) in [4.78, 5) is 49.4. The fraction of sp³-hybridized carbons (Fsp3) is 0.886. The number of carbonyl (C=O) groups excluding carboxylic acids is 3. The molecule has 8 unspecified atom stereocenters. The monoisotopic (exact) mass is 840 g/mol. The minimum absolute atomic E-state index is 0.211. The number of hydrogen-bond donors (Lipinski definition) is 11. The fourth-order valence-corrected chi connectivity index (χ4v) is 7.30. The van der Waals surface area contributed by atoms with Gasteiger partial charge in [0, 0.05) is 27.4 Å². The van der Waals surface area contributed by atoms with E-state index in [2.05, 4.69) is 16.0 Å². The average molecular weight is 841 g/mol. The van der Waals surface area contributed by atoms with Crippen LogP contribution >= 0.6 is 0 Å². The Morgan fingerprint density at radius 1 is 0.534 bits per heavy atom. The van der Waals surface area contributed by atoms with Crippen LogP contribution in [0, 0.1) is 0 Å². The molecular formula is C35H60N4O19. The van der Waals surface area contributed by atoms with Crippen molar-refractivity contribution in [1.82, 2.24) is 16.0 Å². The van der Waals surface area contributed by atoms with Crippen molar-refractivity contribution in [2.75, 3.05) is 13.2 Å². The molecule has 0 bridgehead atoms. The number of nitrogens with two attached hydrogens (primary N) is 1. The van der Waals surface area contributed by atoms with Crippen LogP contribution in [0.3, 0.4) is 0 Å². The van der Waals surface area contributed by atoms with Crippen molar-refractivity contribution in [1.29, 1.82) is 0 Å². The number of aliphatic hydroxyl groups is 6. The second kappa shape index (κ2) is 21.2. The number of ether oxygens (including phenoxy) is 8. The summed E-state index contributed by atoms with van der Waals surface area (Å²) in [5, 5.41) is 83.8. The third-order valence-corrected chi connectivity index (χ3v) is 10.4. The molecule has 4 rings (SSSR count). The van der Waals surface area contributed by atoms with Gasteiger partial charge in [-0.2, -0.15) is 0 Å². The number of aliphatic hydroxyl groups excluding tert-OH is 6. The molecule has 4 aliphatic rings. The zero-order valence-electron chi connectivity index (χ0n) is 33.2. The largest absolute Gasteiger partial charge is 0.479 e. The summed E-state index contributed by atoms with van der Waals surface area (Å²) in [6, 6.07) is -4.11. The highest BCUT2D eigenvalue weighted by Gasteiger charge is 2.56. The van der Waals surface area contributed by atoms with Gasteiger partial charge < -0.3 is 95.3 Å². The SMILES string of the molecule is CC(=O)N[C@H]1C(O)[C@H](O)C(C)O[C@H]1O[C@H]1C(O)[C@H](O)C(C(=O)O)O[C@H]1OC1[C@H](O)C(C)O[C@@H](OC2[C@@H](O)C(C)O[C@@H](OCCCCCN)[C@H]2NC(C)=O)[C@H]1NC(C)=O. The zero-order chi connectivity index (χ0) is 43.2. The summed E-state index contributed by atoms with van der Waals surface area (Å²) >= 11 is 0. The topological polar surface area (TPSA) is 346 Å². The Hall–Kier alpha value is -2.72. The zero-order valence-corrected chi connectivity index (χ0v) is 33.2. The second-order valence-electron chi connectivity index (χ2n) is 15.0. The fourth-order valence-electron chi connectivity index (χ4n) is 7.30. The Kier molecular flexibility index (Phi) is 17.5. The maximum absolute atomic E-state index is 12.7. The third kappa shape index (κ3) is 11.6. The Bertz CT molecular complexity index is 1380. The molecule has 58 heavy (non-hydrogen) atoms. The summed E-state index contributed by atoms with van der Waals surface area (Å²) in [7, 11) is 0. The van der Waals surface area contributed by atoms with Gasteiger partial charge in [0.25, 0.3) is 0 Å². The molecule has 0 saturated carbocycles. The summed E-state index contributed by atoms with van der Waals surface area (Å²) in [5.74, 6) is -3.61. The highest BCUT2D eigenvalue weighted by molar-refractivity contribution is 5.74. The van der Waals surface area contributed by atoms with Crippen molar-refractivity contribution < 1.29 is 92.8 Å². The number of amides is 3. The molecule has 12 N–H and O–H groups in total. The van der Waals surface area contributed by atoms with Gasteiger partial charge in [-0.15, -0.1) is 0 Å². The van der Waals surface area contributed by atoms with Crippen molar-refractivity contribution in [3.63, 3.8) is 0 Å². The summed E-state index contributed by atoms with van der Waals surface area (Å²) in [6.45, 7) is 8.53. The lowest BCUT2D eigenvalue weighted by molar-refractivity contribution is -0.372. The first-order valence-corrected chi connectivity index (χ1v) is 19.3. The molecule has 3 amide bonds. The van der Waals surface area contributed by atoms with Gasteiger partial charge in [-0.1, -0.05) is 0 Å². The lowest BCUT2D eigenvalue weighted by atomic mass is 9.94. The lowest BCUT2D eigenvalue weighted by Crippen LogP contribution is -2.71. The van der Waals surface area contributed by atoms with Crippen LogP contribution in [0.25, 0.3) is 0 Å². The normalized spacial score (nSPS) is 43.3. The minimum Gasteiger partial charge on any atom is -0.479 e. The Morgan fingerprint density at radius 2 is 0.983 bits per heavy atom. The molecule has 4 fully saturated rings. The first-order valence-electron chi connectivity index (χ1n) is 19.3. The molecule has 0 spiro atoms. The van der Waals surface area contributed by atoms with Gasteiger partial charge in [-0.25, -0.2) is 4.79 Å². The maximum atomic E-state index is 12.7. The predicted molar refractivity (Wildman–Crippen MR) is 192 cm³/mol. The van der Waals surface area contributed by atoms with Gasteiger partial charge >= 0.3 is 5.97 Å². The molecule has 0 aliphatic carbocycles. The van der Waals surface area contributed by atoms with Crippen LogP contribution in [0.1, 0.15) is 60.8 Å². The van der Waals surface area contributed by atoms with E-state index in [-0.39, 0.29) is 6.61 Å². The van der Waals surface area contributed by atoms with Crippen molar-refractivity contribution in [3.05, 3.63) is 0 Å². The minimum atomic E-state index is -2.14. The van der Waals surface area contributed by atoms with Crippen LogP contribution in [-0.2, 0) is 57.1 Å². The number of nitrogens with one attached hydrogen (secondary N) is 3. The first kappa shape index (κ1) is 48.0. The number of carbonyl (C=O) groups is 4. The molecule has 23 nitrogen and oxygen atoms in total. The van der Waals surface area contributed by atoms with Gasteiger partial charge in [0.05, 0.1) is 18.3 Å². The molecule has 334 valence electrons. The Morgan fingerprint density at radius 3 is 1.50 bits per heavy atom. The van der Waals surface area contributed by atoms with Crippen molar-refractivity contribution in [2.45, 2.75) is 183 Å². The molecule has 0 radical (unpaired) electrons. The van der Waals surface area contributed by atoms with E-state index in [9.17, 15) is 54.9 Å². The van der Waals surface area contributed by atoms with E-state index in [0.717, 1.165) is 26.7 Å². The quantitative estimate of drug-likeness (QED) is 0.0648. The lowest BCUT2D eigenvalue weighted by Gasteiger charge is -2.50. The number of carboxylic acid groups (broad SMARTS) is 1. The smallest absolute Gasteiger partial charge is 0.335 e. The molecule has 4 aliphatic heterocycles. The molecule has 0 aromatic carbocycles. The molecule has 4 heterocycles.